The van der Waals surface area contributed by atoms with E-state index in [1.807, 2.05) is 13.0 Å². The van der Waals surface area contributed by atoms with E-state index >= 15 is 0 Å². The molecule has 2 atom stereocenters. The summed E-state index contributed by atoms with van der Waals surface area (Å²) < 4.78 is 11.8. The first kappa shape index (κ1) is 15.1. The molecular weight excluding hydrogens is 250 g/mol. The van der Waals surface area contributed by atoms with E-state index in [-0.39, 0.29) is 12.1 Å². The van der Waals surface area contributed by atoms with Gasteiger partial charge in [-0.2, -0.15) is 0 Å². The van der Waals surface area contributed by atoms with E-state index in [0.29, 0.717) is 6.61 Å². The lowest BCUT2D eigenvalue weighted by atomic mass is 10.1. The van der Waals surface area contributed by atoms with Gasteiger partial charge in [-0.15, -0.1) is 0 Å². The van der Waals surface area contributed by atoms with Crippen molar-refractivity contribution in [2.75, 3.05) is 13.2 Å². The summed E-state index contributed by atoms with van der Waals surface area (Å²) >= 11 is 0. The average Bonchev–Trinajstić information content (AvgIpc) is 2.82. The van der Waals surface area contributed by atoms with Crippen molar-refractivity contribution in [3.63, 3.8) is 0 Å². The Bertz CT molecular complexity index is 547. The van der Waals surface area contributed by atoms with Crippen LogP contribution in [0.4, 0.5) is 0 Å². The Balaban J connectivity index is 2.29. The number of ether oxygens (including phenoxy) is 1. The maximum Gasteiger partial charge on any atom is 0.134 e. The molecule has 2 rings (SSSR count). The third-order valence-electron chi connectivity index (χ3n) is 3.51. The number of nitrogens with one attached hydrogen (secondary N) is 1. The van der Waals surface area contributed by atoms with Crippen molar-refractivity contribution in [3.05, 3.63) is 35.6 Å². The van der Waals surface area contributed by atoms with Gasteiger partial charge in [0.05, 0.1) is 12.1 Å². The second-order valence-electron chi connectivity index (χ2n) is 5.28. The van der Waals surface area contributed by atoms with Crippen molar-refractivity contribution in [2.45, 2.75) is 46.3 Å². The highest BCUT2D eigenvalue weighted by molar-refractivity contribution is 5.78. The summed E-state index contributed by atoms with van der Waals surface area (Å²) in [6.07, 6.45) is 1.18. The predicted molar refractivity (Wildman–Crippen MR) is 83.1 cm³/mol. The van der Waals surface area contributed by atoms with Crippen LogP contribution in [0, 0.1) is 6.92 Å². The van der Waals surface area contributed by atoms with Gasteiger partial charge in [-0.25, -0.2) is 0 Å². The maximum absolute atomic E-state index is 6.01. The highest BCUT2D eigenvalue weighted by atomic mass is 16.5. The molecular formula is C17H25NO2. The molecule has 2 aromatic rings. The van der Waals surface area contributed by atoms with Crippen LogP contribution in [0.2, 0.25) is 0 Å². The van der Waals surface area contributed by atoms with Gasteiger partial charge in [-0.3, -0.25) is 0 Å². The highest BCUT2D eigenvalue weighted by Gasteiger charge is 2.22. The van der Waals surface area contributed by atoms with Gasteiger partial charge in [-0.1, -0.05) is 18.6 Å². The number of fused-ring (bicyclic) bond motifs is 1. The summed E-state index contributed by atoms with van der Waals surface area (Å²) in [7, 11) is 0. The number of furan rings is 1. The molecule has 0 aliphatic rings. The van der Waals surface area contributed by atoms with Crippen LogP contribution in [0.5, 0.6) is 0 Å². The smallest absolute Gasteiger partial charge is 0.134 e. The highest BCUT2D eigenvalue weighted by Crippen LogP contribution is 2.27. The van der Waals surface area contributed by atoms with Crippen molar-refractivity contribution in [3.8, 4) is 0 Å². The van der Waals surface area contributed by atoms with Crippen LogP contribution >= 0.6 is 0 Å². The second-order valence-corrected chi connectivity index (χ2v) is 5.28. The minimum Gasteiger partial charge on any atom is -0.459 e. The molecule has 0 aliphatic heterocycles. The average molecular weight is 275 g/mol. The Morgan fingerprint density at radius 2 is 2.05 bits per heavy atom. The van der Waals surface area contributed by atoms with Gasteiger partial charge < -0.3 is 14.5 Å². The standard InChI is InChI=1S/C17H25NO2/c1-5-9-18-17(13(4)19-6-2)16-11-14-10-12(3)7-8-15(14)20-16/h7-8,10-11,13,17-18H,5-6,9H2,1-4H3. The van der Waals surface area contributed by atoms with E-state index in [9.17, 15) is 0 Å². The molecule has 0 saturated heterocycles. The molecule has 0 aliphatic carbocycles. The van der Waals surface area contributed by atoms with Crippen molar-refractivity contribution < 1.29 is 9.15 Å². The first-order valence-electron chi connectivity index (χ1n) is 7.50. The number of benzene rings is 1. The first-order valence-corrected chi connectivity index (χ1v) is 7.50. The van der Waals surface area contributed by atoms with Crippen molar-refractivity contribution in [1.82, 2.24) is 5.32 Å². The second kappa shape index (κ2) is 6.91. The Morgan fingerprint density at radius 1 is 1.25 bits per heavy atom. The largest absolute Gasteiger partial charge is 0.459 e. The number of aryl methyl sites for hydroxylation is 1. The molecule has 1 aromatic carbocycles. The molecule has 3 nitrogen and oxygen atoms in total. The van der Waals surface area contributed by atoms with E-state index in [1.54, 1.807) is 0 Å². The predicted octanol–water partition coefficient (Wildman–Crippen LogP) is 4.21. The minimum absolute atomic E-state index is 0.0909. The van der Waals surface area contributed by atoms with Gasteiger partial charge in [0.15, 0.2) is 0 Å². The first-order chi connectivity index (χ1) is 9.65. The quantitative estimate of drug-likeness (QED) is 0.822. The molecule has 20 heavy (non-hydrogen) atoms. The van der Waals surface area contributed by atoms with Crippen LogP contribution in [-0.2, 0) is 4.74 Å². The molecule has 0 amide bonds. The molecule has 0 radical (unpaired) electrons. The summed E-state index contributed by atoms with van der Waals surface area (Å²) in [6, 6.07) is 8.50. The van der Waals surface area contributed by atoms with Gasteiger partial charge in [0.2, 0.25) is 0 Å². The van der Waals surface area contributed by atoms with Crippen LogP contribution in [0.15, 0.2) is 28.7 Å². The molecule has 3 heteroatoms. The minimum atomic E-state index is 0.0909. The van der Waals surface area contributed by atoms with Crippen molar-refractivity contribution >= 4 is 11.0 Å². The molecule has 110 valence electrons. The zero-order chi connectivity index (χ0) is 14.5. The van der Waals surface area contributed by atoms with Crippen LogP contribution in [-0.4, -0.2) is 19.3 Å². The summed E-state index contributed by atoms with van der Waals surface area (Å²) in [5, 5.41) is 4.69. The lowest BCUT2D eigenvalue weighted by Crippen LogP contribution is -2.32. The van der Waals surface area contributed by atoms with E-state index < -0.39 is 0 Å². The topological polar surface area (TPSA) is 34.4 Å². The van der Waals surface area contributed by atoms with E-state index in [1.165, 1.54) is 5.56 Å². The fourth-order valence-corrected chi connectivity index (χ4v) is 2.49. The summed E-state index contributed by atoms with van der Waals surface area (Å²) in [6.45, 7) is 10.0. The van der Waals surface area contributed by atoms with Gasteiger partial charge >= 0.3 is 0 Å². The molecule has 1 aromatic heterocycles. The summed E-state index contributed by atoms with van der Waals surface area (Å²) in [5.74, 6) is 0.958. The number of hydrogen-bond donors (Lipinski definition) is 1. The van der Waals surface area contributed by atoms with Crippen LogP contribution in [0.25, 0.3) is 11.0 Å². The summed E-state index contributed by atoms with van der Waals surface area (Å²) in [4.78, 5) is 0. The SMILES string of the molecule is CCCNC(c1cc2cc(C)ccc2o1)C(C)OCC. The zero-order valence-electron chi connectivity index (χ0n) is 12.9. The monoisotopic (exact) mass is 275 g/mol. The third-order valence-corrected chi connectivity index (χ3v) is 3.51. The lowest BCUT2D eigenvalue weighted by molar-refractivity contribution is 0.0418. The Kier molecular flexibility index (Phi) is 5.21. The molecule has 1 heterocycles. The van der Waals surface area contributed by atoms with Gasteiger partial charge in [0.1, 0.15) is 11.3 Å². The third kappa shape index (κ3) is 3.41. The Labute approximate surface area is 121 Å². The van der Waals surface area contributed by atoms with Crippen molar-refractivity contribution in [2.24, 2.45) is 0 Å². The fourth-order valence-electron chi connectivity index (χ4n) is 2.49. The molecule has 0 spiro atoms. The van der Waals surface area contributed by atoms with E-state index in [2.05, 4.69) is 44.3 Å². The maximum atomic E-state index is 6.01. The number of hydrogen-bond acceptors (Lipinski definition) is 3. The van der Waals surface area contributed by atoms with Gasteiger partial charge in [0.25, 0.3) is 0 Å². The van der Waals surface area contributed by atoms with Crippen LogP contribution < -0.4 is 5.32 Å². The molecule has 2 unspecified atom stereocenters. The molecule has 1 N–H and O–H groups in total. The number of rotatable bonds is 7. The fraction of sp³-hybridized carbons (Fsp3) is 0.529. The Morgan fingerprint density at radius 3 is 2.75 bits per heavy atom. The zero-order valence-corrected chi connectivity index (χ0v) is 12.9. The van der Waals surface area contributed by atoms with Crippen LogP contribution in [0.3, 0.4) is 0 Å². The Hall–Kier alpha value is -1.32. The van der Waals surface area contributed by atoms with E-state index in [0.717, 1.165) is 29.7 Å². The molecule has 0 fully saturated rings. The summed E-state index contributed by atoms with van der Waals surface area (Å²) in [5.41, 5.74) is 2.19. The lowest BCUT2D eigenvalue weighted by Gasteiger charge is -2.23. The van der Waals surface area contributed by atoms with Crippen LogP contribution in [0.1, 0.15) is 44.6 Å². The normalized spacial score (nSPS) is 14.6. The molecule has 0 saturated carbocycles. The van der Waals surface area contributed by atoms with Gasteiger partial charge in [-0.05, 0) is 51.9 Å². The van der Waals surface area contributed by atoms with Crippen molar-refractivity contribution in [1.29, 1.82) is 0 Å². The van der Waals surface area contributed by atoms with Gasteiger partial charge in [0, 0.05) is 12.0 Å². The van der Waals surface area contributed by atoms with E-state index in [4.69, 9.17) is 9.15 Å². The molecule has 0 bridgehead atoms.